The molecule has 1 atom stereocenters. The van der Waals surface area contributed by atoms with Crippen LogP contribution in [0.5, 0.6) is 5.88 Å². The van der Waals surface area contributed by atoms with E-state index < -0.39 is 5.97 Å². The second-order valence-electron chi connectivity index (χ2n) is 4.97. The molecule has 0 aliphatic rings. The summed E-state index contributed by atoms with van der Waals surface area (Å²) < 4.78 is 5.89. The Kier molecular flexibility index (Phi) is 4.21. The standard InChI is InChI=1S/C16H18N2O3/c1-9-10(2)17-12(4)18-15(9)21-11(3)13-5-7-14(8-6-13)16(19)20/h5-8,11H,1-4H3,(H,19,20)/t11-/m0/s1. The Morgan fingerprint density at radius 3 is 2.33 bits per heavy atom. The first-order valence-electron chi connectivity index (χ1n) is 6.70. The summed E-state index contributed by atoms with van der Waals surface area (Å²) in [6.45, 7) is 7.57. The van der Waals surface area contributed by atoms with Gasteiger partial charge in [0, 0.05) is 11.3 Å². The molecule has 0 amide bonds. The molecule has 1 heterocycles. The van der Waals surface area contributed by atoms with Gasteiger partial charge in [0.15, 0.2) is 0 Å². The van der Waals surface area contributed by atoms with Crippen LogP contribution in [0.3, 0.4) is 0 Å². The predicted octanol–water partition coefficient (Wildman–Crippen LogP) is 3.24. The summed E-state index contributed by atoms with van der Waals surface area (Å²) >= 11 is 0. The first kappa shape index (κ1) is 15.0. The molecule has 2 rings (SSSR count). The first-order valence-corrected chi connectivity index (χ1v) is 6.70. The van der Waals surface area contributed by atoms with Crippen molar-refractivity contribution in [2.45, 2.75) is 33.8 Å². The van der Waals surface area contributed by atoms with Gasteiger partial charge in [0.05, 0.1) is 5.56 Å². The lowest BCUT2D eigenvalue weighted by Gasteiger charge is -2.17. The Morgan fingerprint density at radius 2 is 1.76 bits per heavy atom. The third-order valence-corrected chi connectivity index (χ3v) is 3.37. The molecular weight excluding hydrogens is 268 g/mol. The van der Waals surface area contributed by atoms with E-state index in [9.17, 15) is 4.79 Å². The molecule has 0 fully saturated rings. The van der Waals surface area contributed by atoms with Crippen LogP contribution in [0.4, 0.5) is 0 Å². The average molecular weight is 286 g/mol. The van der Waals surface area contributed by atoms with Gasteiger partial charge >= 0.3 is 5.97 Å². The van der Waals surface area contributed by atoms with E-state index in [4.69, 9.17) is 9.84 Å². The van der Waals surface area contributed by atoms with Crippen molar-refractivity contribution in [3.05, 3.63) is 52.5 Å². The number of carboxylic acids is 1. The van der Waals surface area contributed by atoms with E-state index in [2.05, 4.69) is 9.97 Å². The molecule has 5 heteroatoms. The van der Waals surface area contributed by atoms with Gasteiger partial charge in [0.25, 0.3) is 0 Å². The van der Waals surface area contributed by atoms with Crippen molar-refractivity contribution in [1.29, 1.82) is 0 Å². The summed E-state index contributed by atoms with van der Waals surface area (Å²) in [5, 5.41) is 8.90. The quantitative estimate of drug-likeness (QED) is 0.934. The van der Waals surface area contributed by atoms with E-state index in [-0.39, 0.29) is 11.7 Å². The van der Waals surface area contributed by atoms with Crippen LogP contribution in [-0.4, -0.2) is 21.0 Å². The fraction of sp³-hybridized carbons (Fsp3) is 0.312. The zero-order valence-electron chi connectivity index (χ0n) is 12.5. The van der Waals surface area contributed by atoms with Gasteiger partial charge in [0.2, 0.25) is 5.88 Å². The maximum atomic E-state index is 10.8. The van der Waals surface area contributed by atoms with E-state index in [0.717, 1.165) is 16.8 Å². The van der Waals surface area contributed by atoms with Crippen LogP contribution in [0.2, 0.25) is 0 Å². The molecule has 0 saturated carbocycles. The van der Waals surface area contributed by atoms with Gasteiger partial charge in [-0.1, -0.05) is 12.1 Å². The highest BCUT2D eigenvalue weighted by Crippen LogP contribution is 2.24. The van der Waals surface area contributed by atoms with Crippen LogP contribution in [0.15, 0.2) is 24.3 Å². The highest BCUT2D eigenvalue weighted by molar-refractivity contribution is 5.87. The molecule has 0 aliphatic carbocycles. The molecule has 0 unspecified atom stereocenters. The third kappa shape index (κ3) is 3.37. The number of nitrogens with zero attached hydrogens (tertiary/aromatic N) is 2. The van der Waals surface area contributed by atoms with Crippen molar-refractivity contribution in [3.8, 4) is 5.88 Å². The molecule has 1 aromatic heterocycles. The van der Waals surface area contributed by atoms with Crippen molar-refractivity contribution in [2.75, 3.05) is 0 Å². The maximum absolute atomic E-state index is 10.8. The normalized spacial score (nSPS) is 12.0. The van der Waals surface area contributed by atoms with Gasteiger partial charge in [0.1, 0.15) is 11.9 Å². The van der Waals surface area contributed by atoms with Crippen LogP contribution >= 0.6 is 0 Å². The van der Waals surface area contributed by atoms with E-state index >= 15 is 0 Å². The highest BCUT2D eigenvalue weighted by atomic mass is 16.5. The van der Waals surface area contributed by atoms with Crippen LogP contribution in [-0.2, 0) is 0 Å². The Labute approximate surface area is 123 Å². The zero-order chi connectivity index (χ0) is 15.6. The molecule has 1 N–H and O–H groups in total. The summed E-state index contributed by atoms with van der Waals surface area (Å²) in [6.07, 6.45) is -0.222. The van der Waals surface area contributed by atoms with Crippen LogP contribution in [0.25, 0.3) is 0 Å². The van der Waals surface area contributed by atoms with Crippen LogP contribution < -0.4 is 4.74 Å². The van der Waals surface area contributed by atoms with E-state index in [1.807, 2.05) is 27.7 Å². The topological polar surface area (TPSA) is 72.3 Å². The highest BCUT2D eigenvalue weighted by Gasteiger charge is 2.13. The molecule has 110 valence electrons. The van der Waals surface area contributed by atoms with Gasteiger partial charge < -0.3 is 9.84 Å². The van der Waals surface area contributed by atoms with Gasteiger partial charge in [-0.2, -0.15) is 4.98 Å². The Balaban J connectivity index is 2.21. The minimum absolute atomic E-state index is 0.222. The minimum Gasteiger partial charge on any atom is -0.478 e. The number of hydrogen-bond acceptors (Lipinski definition) is 4. The Bertz CT molecular complexity index is 666. The predicted molar refractivity (Wildman–Crippen MR) is 78.7 cm³/mol. The molecule has 0 radical (unpaired) electrons. The van der Waals surface area contributed by atoms with E-state index in [0.29, 0.717) is 11.7 Å². The number of rotatable bonds is 4. The summed E-state index contributed by atoms with van der Waals surface area (Å²) in [7, 11) is 0. The van der Waals surface area contributed by atoms with E-state index in [1.54, 1.807) is 24.3 Å². The smallest absolute Gasteiger partial charge is 0.335 e. The number of hydrogen-bond donors (Lipinski definition) is 1. The SMILES string of the molecule is Cc1nc(C)c(C)c(O[C@@H](C)c2ccc(C(=O)O)cc2)n1. The Morgan fingerprint density at radius 1 is 1.14 bits per heavy atom. The Hall–Kier alpha value is -2.43. The number of aromatic nitrogens is 2. The summed E-state index contributed by atoms with van der Waals surface area (Å²) in [5.41, 5.74) is 2.96. The lowest BCUT2D eigenvalue weighted by molar-refractivity contribution is 0.0696. The molecule has 5 nitrogen and oxygen atoms in total. The van der Waals surface area contributed by atoms with Gasteiger partial charge in [-0.25, -0.2) is 9.78 Å². The molecule has 2 aromatic rings. The van der Waals surface area contributed by atoms with Crippen molar-refractivity contribution in [1.82, 2.24) is 9.97 Å². The number of aryl methyl sites for hydroxylation is 2. The van der Waals surface area contributed by atoms with Crippen molar-refractivity contribution in [3.63, 3.8) is 0 Å². The summed E-state index contributed by atoms with van der Waals surface area (Å²) in [6, 6.07) is 6.65. The number of ether oxygens (including phenoxy) is 1. The van der Waals surface area contributed by atoms with Crippen molar-refractivity contribution >= 4 is 5.97 Å². The second kappa shape index (κ2) is 5.91. The lowest BCUT2D eigenvalue weighted by Crippen LogP contribution is -2.08. The molecule has 21 heavy (non-hydrogen) atoms. The molecular formula is C16H18N2O3. The zero-order valence-corrected chi connectivity index (χ0v) is 12.5. The number of carbonyl (C=O) groups is 1. The number of aromatic carboxylic acids is 1. The fourth-order valence-electron chi connectivity index (χ4n) is 1.98. The maximum Gasteiger partial charge on any atom is 0.335 e. The lowest BCUT2D eigenvalue weighted by atomic mass is 10.1. The third-order valence-electron chi connectivity index (χ3n) is 3.37. The average Bonchev–Trinajstić information content (AvgIpc) is 2.44. The van der Waals surface area contributed by atoms with Crippen LogP contribution in [0, 0.1) is 20.8 Å². The fourth-order valence-corrected chi connectivity index (χ4v) is 1.98. The number of carboxylic acid groups (broad SMARTS) is 1. The molecule has 0 spiro atoms. The van der Waals surface area contributed by atoms with Crippen LogP contribution in [0.1, 0.15) is 46.0 Å². The number of benzene rings is 1. The first-order chi connectivity index (χ1) is 9.88. The summed E-state index contributed by atoms with van der Waals surface area (Å²) in [5.74, 6) is 0.296. The molecule has 0 aliphatic heterocycles. The summed E-state index contributed by atoms with van der Waals surface area (Å²) in [4.78, 5) is 19.5. The van der Waals surface area contributed by atoms with Gasteiger partial charge in [-0.05, 0) is 45.4 Å². The van der Waals surface area contributed by atoms with Gasteiger partial charge in [-0.15, -0.1) is 0 Å². The van der Waals surface area contributed by atoms with Crippen molar-refractivity contribution in [2.24, 2.45) is 0 Å². The molecule has 1 aromatic carbocycles. The van der Waals surface area contributed by atoms with Crippen molar-refractivity contribution < 1.29 is 14.6 Å². The van der Waals surface area contributed by atoms with Gasteiger partial charge in [-0.3, -0.25) is 0 Å². The molecule has 0 bridgehead atoms. The second-order valence-corrected chi connectivity index (χ2v) is 4.97. The largest absolute Gasteiger partial charge is 0.478 e. The molecule has 0 saturated heterocycles. The van der Waals surface area contributed by atoms with E-state index in [1.165, 1.54) is 0 Å². The monoisotopic (exact) mass is 286 g/mol. The minimum atomic E-state index is -0.937.